The summed E-state index contributed by atoms with van der Waals surface area (Å²) in [7, 11) is 0. The van der Waals surface area contributed by atoms with Crippen LogP contribution in [0, 0.1) is 0 Å². The third-order valence-corrected chi connectivity index (χ3v) is 5.92. The number of nitrogens with zero attached hydrogens (tertiary/aromatic N) is 5. The third kappa shape index (κ3) is 6.12. The van der Waals surface area contributed by atoms with Crippen LogP contribution in [-0.2, 0) is 4.74 Å². The number of carbonyl (C=O) groups excluding carboxylic acids is 2. The van der Waals surface area contributed by atoms with Crippen molar-refractivity contribution in [1.29, 1.82) is 0 Å². The number of ether oxygens (including phenoxy) is 1. The van der Waals surface area contributed by atoms with Crippen LogP contribution in [0.5, 0.6) is 0 Å². The lowest BCUT2D eigenvalue weighted by molar-refractivity contribution is 0.0240. The highest BCUT2D eigenvalue weighted by Crippen LogP contribution is 2.24. The molecule has 10 heteroatoms. The first-order valence-electron chi connectivity index (χ1n) is 11.9. The zero-order valence-electron chi connectivity index (χ0n) is 20.1. The van der Waals surface area contributed by atoms with Crippen LogP contribution in [0.25, 0.3) is 0 Å². The molecule has 182 valence electrons. The number of amides is 1. The molecule has 10 nitrogen and oxygen atoms in total. The fraction of sp³-hybridized carbons (Fsp3) is 0.542. The molecule has 0 spiro atoms. The summed E-state index contributed by atoms with van der Waals surface area (Å²) in [5, 5.41) is 6.49. The van der Waals surface area contributed by atoms with E-state index in [0.717, 1.165) is 24.8 Å². The molecule has 0 unspecified atom stereocenters. The van der Waals surface area contributed by atoms with E-state index in [-0.39, 0.29) is 6.09 Å². The van der Waals surface area contributed by atoms with Gasteiger partial charge in [-0.3, -0.25) is 4.79 Å². The van der Waals surface area contributed by atoms with Crippen molar-refractivity contribution in [3.63, 3.8) is 0 Å². The van der Waals surface area contributed by atoms with Gasteiger partial charge in [0.25, 0.3) is 0 Å². The normalized spacial score (nSPS) is 16.9. The largest absolute Gasteiger partial charge is 0.444 e. The second-order valence-electron chi connectivity index (χ2n) is 9.72. The molecule has 2 fully saturated rings. The van der Waals surface area contributed by atoms with Gasteiger partial charge in [-0.1, -0.05) is 12.8 Å². The summed E-state index contributed by atoms with van der Waals surface area (Å²) < 4.78 is 5.46. The molecule has 2 aromatic heterocycles. The van der Waals surface area contributed by atoms with E-state index in [0.29, 0.717) is 55.4 Å². The van der Waals surface area contributed by atoms with Crippen molar-refractivity contribution in [2.45, 2.75) is 58.1 Å². The van der Waals surface area contributed by atoms with Crippen molar-refractivity contribution in [2.75, 3.05) is 41.7 Å². The van der Waals surface area contributed by atoms with E-state index in [9.17, 15) is 9.59 Å². The molecule has 1 saturated carbocycles. The summed E-state index contributed by atoms with van der Waals surface area (Å²) in [5.74, 6) is 1.55. The van der Waals surface area contributed by atoms with Crippen LogP contribution in [-0.4, -0.2) is 70.1 Å². The Balaban J connectivity index is 1.34. The summed E-state index contributed by atoms with van der Waals surface area (Å²) in [5.41, 5.74) is 0.937. The number of anilines is 4. The molecule has 1 amide bonds. The van der Waals surface area contributed by atoms with Crippen LogP contribution in [0.15, 0.2) is 24.5 Å². The van der Waals surface area contributed by atoms with Gasteiger partial charge in [-0.2, -0.15) is 4.98 Å². The highest BCUT2D eigenvalue weighted by molar-refractivity contribution is 5.82. The third-order valence-electron chi connectivity index (χ3n) is 5.92. The van der Waals surface area contributed by atoms with Crippen LogP contribution in [0.2, 0.25) is 0 Å². The highest BCUT2D eigenvalue weighted by atomic mass is 16.6. The molecule has 1 aliphatic carbocycles. The number of hydrogen-bond donors (Lipinski definition) is 2. The van der Waals surface area contributed by atoms with Crippen molar-refractivity contribution < 1.29 is 14.3 Å². The number of piperazine rings is 1. The molecule has 1 saturated heterocycles. The van der Waals surface area contributed by atoms with Crippen molar-refractivity contribution in [3.8, 4) is 0 Å². The Morgan fingerprint density at radius 3 is 2.44 bits per heavy atom. The molecule has 0 bridgehead atoms. The number of hydrogen-bond acceptors (Lipinski definition) is 9. The fourth-order valence-electron chi connectivity index (χ4n) is 4.15. The summed E-state index contributed by atoms with van der Waals surface area (Å²) in [6.45, 7) is 8.23. The van der Waals surface area contributed by atoms with Crippen LogP contribution in [0.1, 0.15) is 56.8 Å². The maximum Gasteiger partial charge on any atom is 0.410 e. The molecule has 0 atom stereocenters. The van der Waals surface area contributed by atoms with Crippen molar-refractivity contribution in [1.82, 2.24) is 19.9 Å². The van der Waals surface area contributed by atoms with E-state index in [2.05, 4.69) is 30.5 Å². The molecule has 2 N–H and O–H groups in total. The van der Waals surface area contributed by atoms with Gasteiger partial charge in [-0.15, -0.1) is 0 Å². The van der Waals surface area contributed by atoms with E-state index >= 15 is 0 Å². The monoisotopic (exact) mass is 467 g/mol. The zero-order chi connectivity index (χ0) is 24.1. The first kappa shape index (κ1) is 23.7. The van der Waals surface area contributed by atoms with Gasteiger partial charge in [0.15, 0.2) is 6.29 Å². The molecular weight excluding hydrogens is 434 g/mol. The van der Waals surface area contributed by atoms with Gasteiger partial charge < -0.3 is 25.2 Å². The quantitative estimate of drug-likeness (QED) is 0.612. The molecule has 0 radical (unpaired) electrons. The molecule has 2 aromatic rings. The Morgan fingerprint density at radius 1 is 1.09 bits per heavy atom. The van der Waals surface area contributed by atoms with E-state index < -0.39 is 5.60 Å². The number of rotatable bonds is 6. The lowest BCUT2D eigenvalue weighted by Crippen LogP contribution is -2.50. The van der Waals surface area contributed by atoms with Gasteiger partial charge in [-0.25, -0.2) is 14.8 Å². The van der Waals surface area contributed by atoms with E-state index in [1.807, 2.05) is 32.9 Å². The number of nitrogens with one attached hydrogen (secondary N) is 2. The minimum Gasteiger partial charge on any atom is -0.444 e. The summed E-state index contributed by atoms with van der Waals surface area (Å²) in [6, 6.07) is 4.20. The Hall–Kier alpha value is -3.43. The average molecular weight is 468 g/mol. The van der Waals surface area contributed by atoms with Crippen molar-refractivity contribution in [2.24, 2.45) is 0 Å². The molecular formula is C24H33N7O3. The van der Waals surface area contributed by atoms with E-state index in [4.69, 9.17) is 4.74 Å². The minimum absolute atomic E-state index is 0.271. The van der Waals surface area contributed by atoms with E-state index in [1.54, 1.807) is 11.1 Å². The predicted molar refractivity (Wildman–Crippen MR) is 131 cm³/mol. The van der Waals surface area contributed by atoms with Crippen molar-refractivity contribution >= 4 is 35.7 Å². The van der Waals surface area contributed by atoms with Crippen LogP contribution in [0.3, 0.4) is 0 Å². The van der Waals surface area contributed by atoms with Gasteiger partial charge in [0.05, 0.1) is 17.4 Å². The number of pyridine rings is 1. The summed E-state index contributed by atoms with van der Waals surface area (Å²) >= 11 is 0. The van der Waals surface area contributed by atoms with Gasteiger partial charge >= 0.3 is 6.09 Å². The topological polar surface area (TPSA) is 113 Å². The summed E-state index contributed by atoms with van der Waals surface area (Å²) in [6.07, 6.45) is 8.37. The Kier molecular flexibility index (Phi) is 7.14. The second kappa shape index (κ2) is 10.2. The van der Waals surface area contributed by atoms with E-state index in [1.165, 1.54) is 19.0 Å². The molecule has 1 aliphatic heterocycles. The van der Waals surface area contributed by atoms with Gasteiger partial charge in [-0.05, 0) is 45.7 Å². The lowest BCUT2D eigenvalue weighted by atomic mass is 10.2. The predicted octanol–water partition coefficient (Wildman–Crippen LogP) is 3.84. The second-order valence-corrected chi connectivity index (χ2v) is 9.72. The van der Waals surface area contributed by atoms with Gasteiger partial charge in [0.2, 0.25) is 5.95 Å². The Bertz CT molecular complexity index is 993. The van der Waals surface area contributed by atoms with Gasteiger partial charge in [0.1, 0.15) is 17.2 Å². The molecule has 0 aromatic carbocycles. The molecule has 34 heavy (non-hydrogen) atoms. The first-order valence-corrected chi connectivity index (χ1v) is 11.9. The molecule has 2 aliphatic rings. The first-order chi connectivity index (χ1) is 16.3. The molecule has 3 heterocycles. The fourth-order valence-corrected chi connectivity index (χ4v) is 4.15. The van der Waals surface area contributed by atoms with Crippen molar-refractivity contribution in [3.05, 3.63) is 30.1 Å². The van der Waals surface area contributed by atoms with Crippen LogP contribution < -0.4 is 15.5 Å². The maximum atomic E-state index is 12.3. The number of aromatic nitrogens is 3. The Labute approximate surface area is 200 Å². The van der Waals surface area contributed by atoms with Gasteiger partial charge in [0, 0.05) is 38.4 Å². The smallest absolute Gasteiger partial charge is 0.410 e. The highest BCUT2D eigenvalue weighted by Gasteiger charge is 2.26. The maximum absolute atomic E-state index is 12.3. The summed E-state index contributed by atoms with van der Waals surface area (Å²) in [4.78, 5) is 40.8. The SMILES string of the molecule is CC(C)(C)OC(=O)N1CCN(c2ccc(Nc3ncc(C=O)c(NC4CCCC4)n3)nc2)CC1. The number of aldehydes is 1. The average Bonchev–Trinajstić information content (AvgIpc) is 3.32. The molecule has 4 rings (SSSR count). The Morgan fingerprint density at radius 2 is 1.82 bits per heavy atom. The zero-order valence-corrected chi connectivity index (χ0v) is 20.1. The van der Waals surface area contributed by atoms with Crippen LogP contribution in [0.4, 0.5) is 28.1 Å². The minimum atomic E-state index is -0.494. The lowest BCUT2D eigenvalue weighted by Gasteiger charge is -2.36. The standard InChI is InChI=1S/C24H33N7O3/c1-24(2,3)34-23(33)31-12-10-30(11-13-31)19-8-9-20(25-15-19)28-22-26-14-17(16-32)21(29-22)27-18-6-4-5-7-18/h8-9,14-16,18H,4-7,10-13H2,1-3H3,(H2,25,26,27,28,29). The van der Waals surface area contributed by atoms with Crippen LogP contribution >= 0.6 is 0 Å². The number of carbonyl (C=O) groups is 2.